The van der Waals surface area contributed by atoms with Crippen molar-refractivity contribution in [2.75, 3.05) is 12.8 Å². The van der Waals surface area contributed by atoms with Crippen molar-refractivity contribution < 1.29 is 22.4 Å². The van der Waals surface area contributed by atoms with E-state index >= 15 is 0 Å². The van der Waals surface area contributed by atoms with E-state index in [1.807, 2.05) is 0 Å². The van der Waals surface area contributed by atoms with Gasteiger partial charge < -0.3 is 15.0 Å². The van der Waals surface area contributed by atoms with Crippen molar-refractivity contribution in [2.45, 2.75) is 0 Å². The molecular formula is C10H7F3N2O2. The number of rotatable bonds is 2. The van der Waals surface area contributed by atoms with E-state index < -0.39 is 28.8 Å². The lowest BCUT2D eigenvalue weighted by molar-refractivity contribution is 0.376. The Labute approximate surface area is 93.8 Å². The number of benzene rings is 1. The van der Waals surface area contributed by atoms with Crippen LogP contribution in [0.4, 0.5) is 19.1 Å². The van der Waals surface area contributed by atoms with Crippen molar-refractivity contribution in [3.05, 3.63) is 29.6 Å². The molecule has 0 saturated heterocycles. The molecule has 0 amide bonds. The van der Waals surface area contributed by atoms with Gasteiger partial charge in [-0.25, -0.2) is 13.2 Å². The molecular weight excluding hydrogens is 237 g/mol. The molecule has 0 bridgehead atoms. The van der Waals surface area contributed by atoms with Crippen LogP contribution in [0.15, 0.2) is 16.7 Å². The fourth-order valence-corrected chi connectivity index (χ4v) is 1.36. The predicted octanol–water partition coefficient (Wildman–Crippen LogP) is 2.35. The molecule has 1 aromatic carbocycles. The van der Waals surface area contributed by atoms with Gasteiger partial charge in [0.2, 0.25) is 5.88 Å². The molecule has 1 heterocycles. The second-order valence-corrected chi connectivity index (χ2v) is 3.18. The Bertz CT molecular complexity index is 569. The highest BCUT2D eigenvalue weighted by Crippen LogP contribution is 2.33. The van der Waals surface area contributed by atoms with Crippen LogP contribution in [0.25, 0.3) is 11.3 Å². The zero-order valence-electron chi connectivity index (χ0n) is 8.63. The van der Waals surface area contributed by atoms with Crippen molar-refractivity contribution in [2.24, 2.45) is 0 Å². The Kier molecular flexibility index (Phi) is 2.66. The summed E-state index contributed by atoms with van der Waals surface area (Å²) in [5, 5.41) is 3.32. The topological polar surface area (TPSA) is 61.3 Å². The van der Waals surface area contributed by atoms with E-state index in [9.17, 15) is 13.2 Å². The standard InChI is InChI=1S/C10H7F3N2O2/c1-16-6-2-4(11)9(12)8(10(6)13)5-3-7(14)17-15-5/h2-3H,14H2,1H3. The van der Waals surface area contributed by atoms with Gasteiger partial charge in [-0.1, -0.05) is 5.16 Å². The van der Waals surface area contributed by atoms with Gasteiger partial charge in [-0.05, 0) is 0 Å². The number of nitrogens with zero attached hydrogens (tertiary/aromatic N) is 1. The fraction of sp³-hybridized carbons (Fsp3) is 0.100. The Morgan fingerprint density at radius 1 is 1.24 bits per heavy atom. The molecule has 2 rings (SSSR count). The van der Waals surface area contributed by atoms with E-state index in [0.717, 1.165) is 13.2 Å². The molecule has 2 N–H and O–H groups in total. The third-order valence-electron chi connectivity index (χ3n) is 2.13. The van der Waals surface area contributed by atoms with Gasteiger partial charge in [0.15, 0.2) is 23.2 Å². The minimum absolute atomic E-state index is 0.137. The highest BCUT2D eigenvalue weighted by atomic mass is 19.2. The maximum Gasteiger partial charge on any atom is 0.222 e. The summed E-state index contributed by atoms with van der Waals surface area (Å²) in [6.07, 6.45) is 0. The van der Waals surface area contributed by atoms with Crippen LogP contribution in [0.3, 0.4) is 0 Å². The lowest BCUT2D eigenvalue weighted by atomic mass is 10.1. The van der Waals surface area contributed by atoms with Gasteiger partial charge in [-0.2, -0.15) is 0 Å². The summed E-state index contributed by atoms with van der Waals surface area (Å²) >= 11 is 0. The van der Waals surface area contributed by atoms with Gasteiger partial charge >= 0.3 is 0 Å². The van der Waals surface area contributed by atoms with E-state index in [2.05, 4.69) is 14.4 Å². The molecule has 17 heavy (non-hydrogen) atoms. The minimum atomic E-state index is -1.38. The maximum atomic E-state index is 13.8. The summed E-state index contributed by atoms with van der Waals surface area (Å²) in [5.41, 5.74) is 4.31. The van der Waals surface area contributed by atoms with Crippen LogP contribution < -0.4 is 10.5 Å². The first-order valence-corrected chi connectivity index (χ1v) is 4.48. The molecule has 7 heteroatoms. The van der Waals surface area contributed by atoms with Crippen LogP contribution >= 0.6 is 0 Å². The Morgan fingerprint density at radius 3 is 2.47 bits per heavy atom. The second-order valence-electron chi connectivity index (χ2n) is 3.18. The van der Waals surface area contributed by atoms with Crippen LogP contribution in [0.2, 0.25) is 0 Å². The number of hydrogen-bond acceptors (Lipinski definition) is 4. The lowest BCUT2D eigenvalue weighted by Crippen LogP contribution is -1.98. The summed E-state index contributed by atoms with van der Waals surface area (Å²) in [5.74, 6) is -4.27. The van der Waals surface area contributed by atoms with Crippen molar-refractivity contribution in [1.29, 1.82) is 0 Å². The van der Waals surface area contributed by atoms with E-state index in [0.29, 0.717) is 6.07 Å². The van der Waals surface area contributed by atoms with Crippen LogP contribution in [0.1, 0.15) is 0 Å². The number of methoxy groups -OCH3 is 1. The number of nitrogen functional groups attached to an aromatic ring is 1. The van der Waals surface area contributed by atoms with Gasteiger partial charge in [0.1, 0.15) is 5.69 Å². The third kappa shape index (κ3) is 1.79. The smallest absolute Gasteiger partial charge is 0.222 e. The Hall–Kier alpha value is -2.18. The van der Waals surface area contributed by atoms with Gasteiger partial charge in [-0.3, -0.25) is 0 Å². The number of aromatic nitrogens is 1. The van der Waals surface area contributed by atoms with Gasteiger partial charge in [-0.15, -0.1) is 0 Å². The lowest BCUT2D eigenvalue weighted by Gasteiger charge is -2.07. The first kappa shape index (κ1) is 11.3. The molecule has 0 aliphatic heterocycles. The van der Waals surface area contributed by atoms with Crippen molar-refractivity contribution in [1.82, 2.24) is 5.16 Å². The average molecular weight is 244 g/mol. The quantitative estimate of drug-likeness (QED) is 0.823. The normalized spacial score (nSPS) is 10.6. The SMILES string of the molecule is COc1cc(F)c(F)c(-c2cc(N)on2)c1F. The zero-order valence-corrected chi connectivity index (χ0v) is 8.63. The summed E-state index contributed by atoms with van der Waals surface area (Å²) in [4.78, 5) is 0. The van der Waals surface area contributed by atoms with Crippen molar-refractivity contribution in [3.63, 3.8) is 0 Å². The second kappa shape index (κ2) is 4.00. The van der Waals surface area contributed by atoms with Gasteiger partial charge in [0.05, 0.1) is 12.7 Å². The number of halogens is 3. The summed E-state index contributed by atoms with van der Waals surface area (Å²) in [6.45, 7) is 0. The van der Waals surface area contributed by atoms with E-state index in [-0.39, 0.29) is 11.6 Å². The first-order valence-electron chi connectivity index (χ1n) is 4.48. The largest absolute Gasteiger partial charge is 0.494 e. The molecule has 0 radical (unpaired) electrons. The third-order valence-corrected chi connectivity index (χ3v) is 2.13. The fourth-order valence-electron chi connectivity index (χ4n) is 1.36. The molecule has 0 saturated carbocycles. The van der Waals surface area contributed by atoms with Crippen LogP contribution in [-0.4, -0.2) is 12.3 Å². The molecule has 0 unspecified atom stereocenters. The van der Waals surface area contributed by atoms with Gasteiger partial charge in [0, 0.05) is 12.1 Å². The first-order chi connectivity index (χ1) is 8.04. The zero-order chi connectivity index (χ0) is 12.6. The van der Waals surface area contributed by atoms with Gasteiger partial charge in [0.25, 0.3) is 0 Å². The number of nitrogens with two attached hydrogens (primary N) is 1. The van der Waals surface area contributed by atoms with Crippen LogP contribution in [0.5, 0.6) is 5.75 Å². The highest BCUT2D eigenvalue weighted by molar-refractivity contribution is 5.65. The predicted molar refractivity (Wildman–Crippen MR) is 52.8 cm³/mol. The number of hydrogen-bond donors (Lipinski definition) is 1. The summed E-state index contributed by atoms with van der Waals surface area (Å²) in [7, 11) is 1.14. The monoisotopic (exact) mass is 244 g/mol. The van der Waals surface area contributed by atoms with Crippen LogP contribution in [0, 0.1) is 17.5 Å². The molecule has 0 aliphatic rings. The molecule has 0 fully saturated rings. The average Bonchev–Trinajstić information content (AvgIpc) is 2.70. The molecule has 0 atom stereocenters. The Morgan fingerprint density at radius 2 is 1.94 bits per heavy atom. The molecule has 2 aromatic rings. The van der Waals surface area contributed by atoms with E-state index in [4.69, 9.17) is 5.73 Å². The summed E-state index contributed by atoms with van der Waals surface area (Å²) < 4.78 is 49.5. The Balaban J connectivity index is 2.71. The maximum absolute atomic E-state index is 13.8. The van der Waals surface area contributed by atoms with Crippen molar-refractivity contribution in [3.8, 4) is 17.0 Å². The van der Waals surface area contributed by atoms with Crippen LogP contribution in [-0.2, 0) is 0 Å². The summed E-state index contributed by atoms with van der Waals surface area (Å²) in [6, 6.07) is 1.69. The number of ether oxygens (including phenoxy) is 1. The van der Waals surface area contributed by atoms with E-state index in [1.54, 1.807) is 0 Å². The molecule has 90 valence electrons. The number of anilines is 1. The molecule has 1 aromatic heterocycles. The highest BCUT2D eigenvalue weighted by Gasteiger charge is 2.23. The molecule has 0 aliphatic carbocycles. The molecule has 4 nitrogen and oxygen atoms in total. The van der Waals surface area contributed by atoms with Crippen molar-refractivity contribution >= 4 is 5.88 Å². The minimum Gasteiger partial charge on any atom is -0.494 e. The van der Waals surface area contributed by atoms with E-state index in [1.165, 1.54) is 0 Å². The molecule has 0 spiro atoms.